The number of halogens is 1. The molecule has 2 aromatic rings. The summed E-state index contributed by atoms with van der Waals surface area (Å²) in [6.07, 6.45) is 4.10. The highest BCUT2D eigenvalue weighted by Gasteiger charge is 2.14. The van der Waals surface area contributed by atoms with Crippen molar-refractivity contribution in [2.75, 3.05) is 0 Å². The third-order valence-electron chi connectivity index (χ3n) is 3.52. The van der Waals surface area contributed by atoms with E-state index in [1.165, 1.54) is 18.2 Å². The highest BCUT2D eigenvalue weighted by atomic mass is 19.1. The smallest absolute Gasteiger partial charge is 0.123 e. The van der Waals surface area contributed by atoms with Crippen LogP contribution >= 0.6 is 0 Å². The van der Waals surface area contributed by atoms with E-state index in [0.717, 1.165) is 22.4 Å². The fourth-order valence-electron chi connectivity index (χ4n) is 2.48. The van der Waals surface area contributed by atoms with Gasteiger partial charge in [-0.05, 0) is 44.0 Å². The molecule has 2 rings (SSSR count). The van der Waals surface area contributed by atoms with E-state index in [2.05, 4.69) is 24.6 Å². The second kappa shape index (κ2) is 5.89. The van der Waals surface area contributed by atoms with Gasteiger partial charge in [0, 0.05) is 36.0 Å². The Morgan fingerprint density at radius 1 is 1.30 bits per heavy atom. The van der Waals surface area contributed by atoms with Gasteiger partial charge < -0.3 is 4.57 Å². The molecule has 20 heavy (non-hydrogen) atoms. The lowest BCUT2D eigenvalue weighted by atomic mass is 10.0. The number of hydrogen-bond donors (Lipinski definition) is 0. The summed E-state index contributed by atoms with van der Waals surface area (Å²) >= 11 is 0. The van der Waals surface area contributed by atoms with Gasteiger partial charge in [-0.2, -0.15) is 0 Å². The van der Waals surface area contributed by atoms with Crippen molar-refractivity contribution in [2.45, 2.75) is 33.2 Å². The van der Waals surface area contributed by atoms with Crippen LogP contribution in [-0.2, 0) is 11.2 Å². The van der Waals surface area contributed by atoms with Crippen molar-refractivity contribution < 1.29 is 9.18 Å². The van der Waals surface area contributed by atoms with Gasteiger partial charge in [0.2, 0.25) is 0 Å². The summed E-state index contributed by atoms with van der Waals surface area (Å²) in [7, 11) is 0. The second-order valence-electron chi connectivity index (χ2n) is 5.14. The van der Waals surface area contributed by atoms with Gasteiger partial charge in [0.1, 0.15) is 11.8 Å². The Balaban J connectivity index is 2.57. The lowest BCUT2D eigenvalue weighted by Crippen LogP contribution is -2.01. The summed E-state index contributed by atoms with van der Waals surface area (Å²) in [5.41, 5.74) is 4.23. The number of benzene rings is 1. The standard InChI is InChI=1S/C17H18FNO/c1-12(2)19-11-17(14-6-8-15(18)9-7-14)16(13(19)3)5-4-10-20/h4,6-9,11-12H,5H2,1-3H3. The highest BCUT2D eigenvalue weighted by molar-refractivity contribution is 5.69. The van der Waals surface area contributed by atoms with E-state index in [9.17, 15) is 9.18 Å². The molecule has 0 unspecified atom stereocenters. The third-order valence-corrected chi connectivity index (χ3v) is 3.52. The van der Waals surface area contributed by atoms with Gasteiger partial charge in [0.15, 0.2) is 0 Å². The van der Waals surface area contributed by atoms with Crippen molar-refractivity contribution in [3.63, 3.8) is 0 Å². The first kappa shape index (κ1) is 14.3. The molecular formula is C17H18FNO. The summed E-state index contributed by atoms with van der Waals surface area (Å²) in [5, 5.41) is 0. The average Bonchev–Trinajstić information content (AvgIpc) is 2.75. The molecule has 0 saturated heterocycles. The van der Waals surface area contributed by atoms with Crippen molar-refractivity contribution in [1.82, 2.24) is 4.57 Å². The zero-order chi connectivity index (χ0) is 14.7. The van der Waals surface area contributed by atoms with E-state index < -0.39 is 0 Å². The van der Waals surface area contributed by atoms with Gasteiger partial charge in [0.05, 0.1) is 0 Å². The van der Waals surface area contributed by atoms with E-state index in [4.69, 9.17) is 0 Å². The van der Waals surface area contributed by atoms with E-state index in [0.29, 0.717) is 12.5 Å². The van der Waals surface area contributed by atoms with Crippen LogP contribution in [0.3, 0.4) is 0 Å². The third kappa shape index (κ3) is 2.73. The quantitative estimate of drug-likeness (QED) is 0.767. The Labute approximate surface area is 118 Å². The molecule has 1 heterocycles. The number of rotatable bonds is 4. The molecule has 0 spiro atoms. The lowest BCUT2D eigenvalue weighted by molar-refractivity contribution is 0.568. The molecule has 0 bridgehead atoms. The topological polar surface area (TPSA) is 22.0 Å². The Kier molecular flexibility index (Phi) is 4.21. The zero-order valence-corrected chi connectivity index (χ0v) is 12.0. The van der Waals surface area contributed by atoms with Crippen molar-refractivity contribution in [2.24, 2.45) is 0 Å². The van der Waals surface area contributed by atoms with Gasteiger partial charge >= 0.3 is 0 Å². The lowest BCUT2D eigenvalue weighted by Gasteiger charge is -2.10. The van der Waals surface area contributed by atoms with Crippen LogP contribution in [0.4, 0.5) is 4.39 Å². The van der Waals surface area contributed by atoms with Gasteiger partial charge in [-0.15, -0.1) is 0 Å². The van der Waals surface area contributed by atoms with E-state index in [1.54, 1.807) is 12.1 Å². The van der Waals surface area contributed by atoms with Crippen LogP contribution < -0.4 is 0 Å². The van der Waals surface area contributed by atoms with Crippen LogP contribution in [0.2, 0.25) is 0 Å². The maximum Gasteiger partial charge on any atom is 0.123 e. The minimum Gasteiger partial charge on any atom is -0.348 e. The maximum absolute atomic E-state index is 13.1. The Bertz CT molecular complexity index is 646. The summed E-state index contributed by atoms with van der Waals surface area (Å²) in [6.45, 7) is 6.27. The largest absolute Gasteiger partial charge is 0.348 e. The van der Waals surface area contributed by atoms with Crippen molar-refractivity contribution >= 4 is 5.94 Å². The molecule has 0 N–H and O–H groups in total. The first-order valence-corrected chi connectivity index (χ1v) is 6.70. The average molecular weight is 271 g/mol. The molecule has 3 heteroatoms. The summed E-state index contributed by atoms with van der Waals surface area (Å²) in [4.78, 5) is 10.5. The maximum atomic E-state index is 13.1. The number of carbonyl (C=O) groups excluding carboxylic acids is 1. The fraction of sp³-hybridized carbons (Fsp3) is 0.294. The van der Waals surface area contributed by atoms with Gasteiger partial charge in [-0.3, -0.25) is 0 Å². The molecular weight excluding hydrogens is 253 g/mol. The number of allylic oxidation sites excluding steroid dienone is 1. The molecule has 2 nitrogen and oxygen atoms in total. The van der Waals surface area contributed by atoms with Gasteiger partial charge in [0.25, 0.3) is 0 Å². The molecule has 0 aliphatic heterocycles. The van der Waals surface area contributed by atoms with Gasteiger partial charge in [-0.1, -0.05) is 12.1 Å². The molecule has 0 aliphatic carbocycles. The zero-order valence-electron chi connectivity index (χ0n) is 12.0. The SMILES string of the molecule is Cc1c(CC=C=O)c(-c2ccc(F)cc2)cn1C(C)C. The molecule has 0 saturated carbocycles. The summed E-state index contributed by atoms with van der Waals surface area (Å²) in [6, 6.07) is 6.78. The normalized spacial score (nSPS) is 10.7. The number of aromatic nitrogens is 1. The monoisotopic (exact) mass is 271 g/mol. The minimum absolute atomic E-state index is 0.247. The molecule has 0 fully saturated rings. The first-order valence-electron chi connectivity index (χ1n) is 6.70. The molecule has 0 radical (unpaired) electrons. The molecule has 0 amide bonds. The Morgan fingerprint density at radius 3 is 2.50 bits per heavy atom. The van der Waals surface area contributed by atoms with Crippen LogP contribution in [0.5, 0.6) is 0 Å². The van der Waals surface area contributed by atoms with Crippen LogP contribution in [-0.4, -0.2) is 10.5 Å². The number of hydrogen-bond acceptors (Lipinski definition) is 1. The fourth-order valence-corrected chi connectivity index (χ4v) is 2.48. The second-order valence-corrected chi connectivity index (χ2v) is 5.14. The molecule has 1 aromatic carbocycles. The summed E-state index contributed by atoms with van der Waals surface area (Å²) in [5.74, 6) is 1.58. The van der Waals surface area contributed by atoms with Gasteiger partial charge in [-0.25, -0.2) is 9.18 Å². The predicted octanol–water partition coefficient (Wildman–Crippen LogP) is 4.11. The first-order chi connectivity index (χ1) is 9.54. The van der Waals surface area contributed by atoms with Crippen molar-refractivity contribution in [3.8, 4) is 11.1 Å². The van der Waals surface area contributed by atoms with Crippen LogP contribution in [0.25, 0.3) is 11.1 Å². The molecule has 0 atom stereocenters. The van der Waals surface area contributed by atoms with E-state index in [-0.39, 0.29) is 5.82 Å². The molecule has 0 aliphatic rings. The predicted molar refractivity (Wildman–Crippen MR) is 78.9 cm³/mol. The van der Waals surface area contributed by atoms with Crippen LogP contribution in [0.15, 0.2) is 36.5 Å². The Hall–Kier alpha value is -2.12. The van der Waals surface area contributed by atoms with Crippen LogP contribution in [0.1, 0.15) is 31.1 Å². The van der Waals surface area contributed by atoms with E-state index in [1.807, 2.05) is 12.9 Å². The summed E-state index contributed by atoms with van der Waals surface area (Å²) < 4.78 is 15.2. The molecule has 1 aromatic heterocycles. The highest BCUT2D eigenvalue weighted by Crippen LogP contribution is 2.30. The van der Waals surface area contributed by atoms with Crippen molar-refractivity contribution in [1.29, 1.82) is 0 Å². The molecule has 104 valence electrons. The minimum atomic E-state index is -0.247. The van der Waals surface area contributed by atoms with E-state index >= 15 is 0 Å². The van der Waals surface area contributed by atoms with Crippen molar-refractivity contribution in [3.05, 3.63) is 53.6 Å². The number of nitrogens with zero attached hydrogens (tertiary/aromatic N) is 1. The van der Waals surface area contributed by atoms with Crippen LogP contribution in [0, 0.1) is 12.7 Å². The Morgan fingerprint density at radius 2 is 1.95 bits per heavy atom.